The molecule has 0 amide bonds. The highest BCUT2D eigenvalue weighted by atomic mass is 35.5. The molecule has 1 spiro atoms. The number of halogens is 4. The fraction of sp³-hybridized carbons (Fsp3) is 0.348. The molecule has 0 saturated heterocycles. The maximum absolute atomic E-state index is 13.2. The number of aromatic nitrogens is 1. The number of aliphatic hydroxyl groups excluding tert-OH is 1. The molecule has 1 heterocycles. The second-order valence-electron chi connectivity index (χ2n) is 8.77. The van der Waals surface area contributed by atoms with Crippen LogP contribution in [0.3, 0.4) is 0 Å². The summed E-state index contributed by atoms with van der Waals surface area (Å²) in [6.07, 6.45) is -5.64. The van der Waals surface area contributed by atoms with Gasteiger partial charge in [-0.2, -0.15) is 13.2 Å². The molecular weight excluding hydrogens is 445 g/mol. The number of benzene rings is 2. The second kappa shape index (κ2) is 7.15. The fourth-order valence-electron chi connectivity index (χ4n) is 5.37. The molecule has 2 atom stereocenters. The Hall–Kier alpha value is -2.71. The minimum atomic E-state index is -4.32. The number of alkyl halides is 3. The van der Waals surface area contributed by atoms with Crippen LogP contribution in [0, 0.1) is 5.92 Å². The van der Waals surface area contributed by atoms with Gasteiger partial charge in [0, 0.05) is 28.1 Å². The van der Waals surface area contributed by atoms with Crippen molar-refractivity contribution in [1.29, 1.82) is 0 Å². The second-order valence-corrected chi connectivity index (χ2v) is 9.18. The Kier molecular flexibility index (Phi) is 4.73. The summed E-state index contributed by atoms with van der Waals surface area (Å²) in [5, 5.41) is 25.8. The van der Waals surface area contributed by atoms with E-state index in [0.29, 0.717) is 22.3 Å². The molecule has 9 heteroatoms. The number of rotatable bonds is 2. The zero-order valence-electron chi connectivity index (χ0n) is 16.7. The Morgan fingerprint density at radius 1 is 1.09 bits per heavy atom. The van der Waals surface area contributed by atoms with Gasteiger partial charge >= 0.3 is 6.18 Å². The van der Waals surface area contributed by atoms with Crippen molar-refractivity contribution in [2.45, 2.75) is 43.0 Å². The van der Waals surface area contributed by atoms with Gasteiger partial charge in [0.2, 0.25) is 5.56 Å². The summed E-state index contributed by atoms with van der Waals surface area (Å²) < 4.78 is 39.7. The summed E-state index contributed by atoms with van der Waals surface area (Å²) in [6, 6.07) is 10.8. The van der Waals surface area contributed by atoms with Crippen molar-refractivity contribution in [2.75, 3.05) is 5.32 Å². The number of H-pyrrole nitrogens is 1. The zero-order valence-corrected chi connectivity index (χ0v) is 17.5. The number of pyridine rings is 1. The minimum absolute atomic E-state index is 0.0662. The van der Waals surface area contributed by atoms with E-state index in [0.717, 1.165) is 5.39 Å². The highest BCUT2D eigenvalue weighted by Crippen LogP contribution is 2.62. The van der Waals surface area contributed by atoms with Gasteiger partial charge < -0.3 is 20.5 Å². The number of nitrogens with one attached hydrogen (secondary N) is 2. The minimum Gasteiger partial charge on any atom is -0.506 e. The molecule has 2 aliphatic carbocycles. The van der Waals surface area contributed by atoms with Crippen LogP contribution in [-0.4, -0.2) is 27.5 Å². The van der Waals surface area contributed by atoms with Gasteiger partial charge in [-0.05, 0) is 49.1 Å². The van der Waals surface area contributed by atoms with Crippen LogP contribution in [-0.2, 0) is 5.41 Å². The summed E-state index contributed by atoms with van der Waals surface area (Å²) >= 11 is 6.13. The Labute approximate surface area is 185 Å². The van der Waals surface area contributed by atoms with Crippen molar-refractivity contribution >= 4 is 28.2 Å². The van der Waals surface area contributed by atoms with Gasteiger partial charge in [-0.25, -0.2) is 0 Å². The number of phenols is 1. The highest BCUT2D eigenvalue weighted by molar-refractivity contribution is 6.32. The Morgan fingerprint density at radius 3 is 2.56 bits per heavy atom. The van der Waals surface area contributed by atoms with Crippen LogP contribution in [0.25, 0.3) is 10.9 Å². The van der Waals surface area contributed by atoms with Crippen molar-refractivity contribution in [3.8, 4) is 5.75 Å². The molecule has 1 aromatic heterocycles. The van der Waals surface area contributed by atoms with Gasteiger partial charge in [0.15, 0.2) is 0 Å². The van der Waals surface area contributed by atoms with Gasteiger partial charge in [0.25, 0.3) is 0 Å². The molecule has 4 N–H and O–H groups in total. The molecule has 5 nitrogen and oxygen atoms in total. The van der Waals surface area contributed by atoms with Crippen molar-refractivity contribution in [1.82, 2.24) is 4.98 Å². The normalized spacial score (nSPS) is 27.2. The number of aromatic amines is 1. The first kappa shape index (κ1) is 21.2. The molecule has 0 bridgehead atoms. The largest absolute Gasteiger partial charge is 0.506 e. The smallest absolute Gasteiger partial charge is 0.391 e. The van der Waals surface area contributed by atoms with Crippen LogP contribution >= 0.6 is 11.6 Å². The molecule has 2 aromatic carbocycles. The molecule has 1 fully saturated rings. The first-order chi connectivity index (χ1) is 15.1. The molecule has 0 aliphatic heterocycles. The number of anilines is 1. The molecule has 32 heavy (non-hydrogen) atoms. The van der Waals surface area contributed by atoms with Crippen LogP contribution in [0.4, 0.5) is 18.9 Å². The van der Waals surface area contributed by atoms with Crippen LogP contribution in [0.5, 0.6) is 5.75 Å². The number of aromatic hydroxyl groups is 1. The number of fused-ring (bicyclic) bond motifs is 3. The highest BCUT2D eigenvalue weighted by Gasteiger charge is 2.60. The number of phenolic OH excluding ortho intramolecular Hbond substituents is 1. The van der Waals surface area contributed by atoms with Gasteiger partial charge in [-0.15, -0.1) is 0 Å². The van der Waals surface area contributed by atoms with Crippen molar-refractivity contribution in [3.05, 3.63) is 69.0 Å². The van der Waals surface area contributed by atoms with E-state index in [4.69, 9.17) is 11.6 Å². The molecule has 5 rings (SSSR count). The Bertz CT molecular complexity index is 1270. The SMILES string of the molecule is O=c1ccc2c(NC3c4ccc(Cl)c(O)c4C4(CC3O)CC(C(F)(F)F)C4)cccc2[nH]1. The first-order valence-corrected chi connectivity index (χ1v) is 10.6. The number of hydrogen-bond acceptors (Lipinski definition) is 4. The monoisotopic (exact) mass is 464 g/mol. The van der Waals surface area contributed by atoms with E-state index in [2.05, 4.69) is 10.3 Å². The first-order valence-electron chi connectivity index (χ1n) is 10.2. The van der Waals surface area contributed by atoms with E-state index < -0.39 is 29.7 Å². The summed E-state index contributed by atoms with van der Waals surface area (Å²) in [6.45, 7) is 0. The lowest BCUT2D eigenvalue weighted by molar-refractivity contribution is -0.213. The number of hydrogen-bond donors (Lipinski definition) is 4. The summed E-state index contributed by atoms with van der Waals surface area (Å²) in [7, 11) is 0. The quantitative estimate of drug-likeness (QED) is 0.429. The fourth-order valence-corrected chi connectivity index (χ4v) is 5.52. The third kappa shape index (κ3) is 3.24. The average molecular weight is 465 g/mol. The molecule has 168 valence electrons. The van der Waals surface area contributed by atoms with Crippen molar-refractivity contribution in [2.24, 2.45) is 5.92 Å². The maximum atomic E-state index is 13.2. The average Bonchev–Trinajstić information content (AvgIpc) is 2.69. The van der Waals surface area contributed by atoms with E-state index >= 15 is 0 Å². The van der Waals surface area contributed by atoms with E-state index in [1.165, 1.54) is 12.1 Å². The standard InChI is InChI=1S/C23H20ClF3N2O3/c24-14-6-4-13-19(21(14)32)22(8-11(9-22)23(25,26)27)10-17(30)20(13)29-16-3-1-2-15-12(16)5-7-18(31)28-15/h1-7,11,17,20,29-30,32H,8-10H2,(H,28,31). The van der Waals surface area contributed by atoms with E-state index in [1.807, 2.05) is 0 Å². The molecule has 2 unspecified atom stereocenters. The van der Waals surface area contributed by atoms with Gasteiger partial charge in [-0.1, -0.05) is 23.7 Å². The predicted octanol–water partition coefficient (Wildman–Crippen LogP) is 5.02. The Balaban J connectivity index is 1.58. The van der Waals surface area contributed by atoms with Crippen LogP contribution in [0.2, 0.25) is 5.02 Å². The molecule has 3 aromatic rings. The summed E-state index contributed by atoms with van der Waals surface area (Å²) in [5.41, 5.74) is 0.918. The lowest BCUT2D eigenvalue weighted by Gasteiger charge is -2.54. The van der Waals surface area contributed by atoms with Crippen molar-refractivity contribution < 1.29 is 23.4 Å². The lowest BCUT2D eigenvalue weighted by Crippen LogP contribution is -2.53. The molecule has 2 aliphatic rings. The summed E-state index contributed by atoms with van der Waals surface area (Å²) in [5.74, 6) is -1.70. The van der Waals surface area contributed by atoms with Crippen LogP contribution < -0.4 is 10.9 Å². The Morgan fingerprint density at radius 2 is 1.84 bits per heavy atom. The van der Waals surface area contributed by atoms with Crippen LogP contribution in [0.15, 0.2) is 47.3 Å². The number of aliphatic hydroxyl groups is 1. The van der Waals surface area contributed by atoms with Crippen LogP contribution in [0.1, 0.15) is 36.4 Å². The van der Waals surface area contributed by atoms with Gasteiger partial charge in [0.05, 0.1) is 28.6 Å². The topological polar surface area (TPSA) is 85.3 Å². The summed E-state index contributed by atoms with van der Waals surface area (Å²) in [4.78, 5) is 14.4. The predicted molar refractivity (Wildman–Crippen MR) is 115 cm³/mol. The maximum Gasteiger partial charge on any atom is 0.391 e. The molecule has 0 radical (unpaired) electrons. The van der Waals surface area contributed by atoms with Crippen molar-refractivity contribution in [3.63, 3.8) is 0 Å². The zero-order chi connectivity index (χ0) is 22.8. The van der Waals surface area contributed by atoms with E-state index in [9.17, 15) is 28.2 Å². The van der Waals surface area contributed by atoms with E-state index in [-0.39, 0.29) is 35.6 Å². The van der Waals surface area contributed by atoms with E-state index in [1.54, 1.807) is 30.3 Å². The molecule has 1 saturated carbocycles. The van der Waals surface area contributed by atoms with Gasteiger partial charge in [0.1, 0.15) is 5.75 Å². The lowest BCUT2D eigenvalue weighted by atomic mass is 9.52. The molecular formula is C23H20ClF3N2O3. The third-order valence-electron chi connectivity index (χ3n) is 6.82. The third-order valence-corrected chi connectivity index (χ3v) is 7.13. The van der Waals surface area contributed by atoms with Gasteiger partial charge in [-0.3, -0.25) is 4.79 Å².